The molecule has 0 radical (unpaired) electrons. The Morgan fingerprint density at radius 2 is 1.78 bits per heavy atom. The number of carbonyl (C=O) groups is 2. The summed E-state index contributed by atoms with van der Waals surface area (Å²) in [6, 6.07) is 15.6. The van der Waals surface area contributed by atoms with Crippen molar-refractivity contribution in [3.63, 3.8) is 0 Å². The van der Waals surface area contributed by atoms with E-state index >= 15 is 0 Å². The molecule has 2 heterocycles. The van der Waals surface area contributed by atoms with Gasteiger partial charge in [0.2, 0.25) is 0 Å². The van der Waals surface area contributed by atoms with Crippen LogP contribution in [-0.4, -0.2) is 42.3 Å². The molecule has 8 heteroatoms. The van der Waals surface area contributed by atoms with Crippen LogP contribution in [0.2, 0.25) is 0 Å². The second kappa shape index (κ2) is 10.1. The van der Waals surface area contributed by atoms with E-state index in [0.717, 1.165) is 29.5 Å². The summed E-state index contributed by atoms with van der Waals surface area (Å²) in [6.45, 7) is 0.961. The van der Waals surface area contributed by atoms with Gasteiger partial charge in [0.25, 0.3) is 0 Å². The van der Waals surface area contributed by atoms with Crippen LogP contribution in [0, 0.1) is 0 Å². The minimum absolute atomic E-state index is 0.235. The van der Waals surface area contributed by atoms with Crippen LogP contribution in [0.25, 0.3) is 0 Å². The minimum atomic E-state index is -2.79. The SMILES string of the molecule is O=C(CC(=O)c1nccs1)c1cc(Cc2ccccc2)cc(CN2CCCCS2(O)O)c1. The summed E-state index contributed by atoms with van der Waals surface area (Å²) in [4.78, 5) is 29.4. The van der Waals surface area contributed by atoms with Crippen molar-refractivity contribution in [3.8, 4) is 0 Å². The van der Waals surface area contributed by atoms with Crippen LogP contribution in [0.15, 0.2) is 60.1 Å². The van der Waals surface area contributed by atoms with Crippen LogP contribution in [0.1, 0.15) is 56.1 Å². The highest BCUT2D eigenvalue weighted by atomic mass is 32.3. The number of Topliss-reactive ketones (excluding diaryl/α,β-unsaturated/α-hetero) is 2. The molecule has 3 aromatic rings. The Balaban J connectivity index is 1.60. The third-order valence-electron chi connectivity index (χ3n) is 5.47. The average molecular weight is 471 g/mol. The lowest BCUT2D eigenvalue weighted by molar-refractivity contribution is 0.0894. The Labute approximate surface area is 193 Å². The van der Waals surface area contributed by atoms with Crippen LogP contribution >= 0.6 is 22.1 Å². The molecule has 6 nitrogen and oxygen atoms in total. The van der Waals surface area contributed by atoms with E-state index in [9.17, 15) is 18.7 Å². The number of hydrogen-bond acceptors (Lipinski definition) is 7. The first-order valence-corrected chi connectivity index (χ1v) is 13.1. The van der Waals surface area contributed by atoms with Crippen molar-refractivity contribution in [2.75, 3.05) is 12.3 Å². The van der Waals surface area contributed by atoms with Gasteiger partial charge < -0.3 is 0 Å². The molecule has 1 fully saturated rings. The van der Waals surface area contributed by atoms with Crippen molar-refractivity contribution in [3.05, 3.63) is 87.4 Å². The van der Waals surface area contributed by atoms with Crippen LogP contribution in [0.4, 0.5) is 0 Å². The Bertz CT molecular complexity index is 1080. The molecule has 32 heavy (non-hydrogen) atoms. The van der Waals surface area contributed by atoms with Gasteiger partial charge in [-0.05, 0) is 48.1 Å². The van der Waals surface area contributed by atoms with Gasteiger partial charge in [-0.15, -0.1) is 22.1 Å². The van der Waals surface area contributed by atoms with Crippen molar-refractivity contribution < 1.29 is 18.7 Å². The Hall–Kier alpha value is -2.36. The molecule has 1 aliphatic rings. The van der Waals surface area contributed by atoms with E-state index in [1.54, 1.807) is 21.9 Å². The fourth-order valence-electron chi connectivity index (χ4n) is 3.88. The number of ketones is 2. The first kappa shape index (κ1) is 22.8. The number of aromatic nitrogens is 1. The molecule has 1 aromatic heterocycles. The van der Waals surface area contributed by atoms with E-state index < -0.39 is 10.8 Å². The van der Waals surface area contributed by atoms with Crippen LogP contribution in [0.5, 0.6) is 0 Å². The second-order valence-corrected chi connectivity index (χ2v) is 11.1. The van der Waals surface area contributed by atoms with Gasteiger partial charge in [-0.1, -0.05) is 36.4 Å². The van der Waals surface area contributed by atoms with E-state index in [-0.39, 0.29) is 18.0 Å². The molecule has 0 saturated carbocycles. The second-order valence-electron chi connectivity index (χ2n) is 7.97. The first-order chi connectivity index (χ1) is 15.4. The Kier molecular flexibility index (Phi) is 7.17. The molecule has 2 N–H and O–H groups in total. The fourth-order valence-corrected chi connectivity index (χ4v) is 6.08. The lowest BCUT2D eigenvalue weighted by Gasteiger charge is -2.46. The molecule has 4 rings (SSSR count). The monoisotopic (exact) mass is 470 g/mol. The van der Waals surface area contributed by atoms with Crippen LogP contribution < -0.4 is 0 Å². The van der Waals surface area contributed by atoms with E-state index in [2.05, 4.69) is 4.98 Å². The largest absolute Gasteiger partial charge is 0.294 e. The average Bonchev–Trinajstić information content (AvgIpc) is 3.31. The number of hydrogen-bond donors (Lipinski definition) is 2. The van der Waals surface area contributed by atoms with Gasteiger partial charge in [0.05, 0.1) is 12.2 Å². The fraction of sp³-hybridized carbons (Fsp3) is 0.292. The summed E-state index contributed by atoms with van der Waals surface area (Å²) < 4.78 is 22.6. The van der Waals surface area contributed by atoms with E-state index in [4.69, 9.17) is 0 Å². The van der Waals surface area contributed by atoms with E-state index in [1.165, 1.54) is 11.3 Å². The molecule has 168 valence electrons. The number of rotatable bonds is 8. The highest BCUT2D eigenvalue weighted by Gasteiger charge is 2.27. The summed E-state index contributed by atoms with van der Waals surface area (Å²) in [5, 5.41) is 2.05. The van der Waals surface area contributed by atoms with Gasteiger partial charge in [-0.25, -0.2) is 9.29 Å². The molecular formula is C24H26N2O4S2. The topological polar surface area (TPSA) is 90.7 Å². The third-order valence-corrected chi connectivity index (χ3v) is 8.25. The molecule has 0 bridgehead atoms. The Morgan fingerprint density at radius 3 is 2.50 bits per heavy atom. The predicted molar refractivity (Wildman–Crippen MR) is 128 cm³/mol. The molecule has 0 atom stereocenters. The van der Waals surface area contributed by atoms with Gasteiger partial charge in [0, 0.05) is 30.2 Å². The van der Waals surface area contributed by atoms with Crippen molar-refractivity contribution in [2.24, 2.45) is 0 Å². The summed E-state index contributed by atoms with van der Waals surface area (Å²) in [7, 11) is -2.79. The quantitative estimate of drug-likeness (QED) is 0.336. The van der Waals surface area contributed by atoms with Crippen molar-refractivity contribution >= 4 is 33.7 Å². The molecule has 0 unspecified atom stereocenters. The molecule has 0 amide bonds. The summed E-state index contributed by atoms with van der Waals surface area (Å²) in [6.07, 6.45) is 3.67. The first-order valence-electron chi connectivity index (χ1n) is 10.5. The molecular weight excluding hydrogens is 444 g/mol. The number of nitrogens with zero attached hydrogens (tertiary/aromatic N) is 2. The lowest BCUT2D eigenvalue weighted by atomic mass is 9.96. The summed E-state index contributed by atoms with van der Waals surface area (Å²) in [5.41, 5.74) is 3.37. The number of carbonyl (C=O) groups excluding carboxylic acids is 2. The minimum Gasteiger partial charge on any atom is -0.294 e. The zero-order valence-corrected chi connectivity index (χ0v) is 19.3. The lowest BCUT2D eigenvalue weighted by Crippen LogP contribution is -2.34. The highest BCUT2D eigenvalue weighted by molar-refractivity contribution is 8.22. The molecule has 0 spiro atoms. The van der Waals surface area contributed by atoms with Crippen LogP contribution in [0.3, 0.4) is 0 Å². The number of thiazole rings is 1. The molecule has 2 aromatic carbocycles. The van der Waals surface area contributed by atoms with Gasteiger partial charge in [-0.3, -0.25) is 18.7 Å². The predicted octanol–water partition coefficient (Wildman–Crippen LogP) is 5.45. The summed E-state index contributed by atoms with van der Waals surface area (Å²) in [5.74, 6) is -0.165. The maximum absolute atomic E-state index is 13.0. The molecule has 1 aliphatic heterocycles. The van der Waals surface area contributed by atoms with E-state index in [1.807, 2.05) is 42.5 Å². The van der Waals surface area contributed by atoms with Crippen molar-refractivity contribution in [1.82, 2.24) is 9.29 Å². The maximum atomic E-state index is 13.0. The van der Waals surface area contributed by atoms with Crippen LogP contribution in [-0.2, 0) is 13.0 Å². The number of benzene rings is 2. The third kappa shape index (κ3) is 5.70. The Morgan fingerprint density at radius 1 is 1.00 bits per heavy atom. The molecule has 1 saturated heterocycles. The van der Waals surface area contributed by atoms with Gasteiger partial charge in [-0.2, -0.15) is 0 Å². The maximum Gasteiger partial charge on any atom is 0.199 e. The van der Waals surface area contributed by atoms with Gasteiger partial charge in [0.1, 0.15) is 0 Å². The van der Waals surface area contributed by atoms with E-state index in [0.29, 0.717) is 35.8 Å². The highest BCUT2D eigenvalue weighted by Crippen LogP contribution is 2.47. The standard InChI is InChI=1S/C24H26N2O4S2/c27-22(16-23(28)24-25-8-10-31-24)21-14-19(12-18-6-2-1-3-7-18)13-20(15-21)17-26-9-4-5-11-32(26,29)30/h1-3,6-8,10,13-15,29-30H,4-5,9,11-12,16-17H2. The molecule has 0 aliphatic carbocycles. The zero-order chi connectivity index (χ0) is 22.6. The normalized spacial score (nSPS) is 17.1. The van der Waals surface area contributed by atoms with Gasteiger partial charge in [0.15, 0.2) is 16.6 Å². The summed E-state index contributed by atoms with van der Waals surface area (Å²) >= 11 is 1.23. The van der Waals surface area contributed by atoms with Crippen molar-refractivity contribution in [1.29, 1.82) is 0 Å². The smallest absolute Gasteiger partial charge is 0.199 e. The van der Waals surface area contributed by atoms with Crippen molar-refractivity contribution in [2.45, 2.75) is 32.2 Å². The van der Waals surface area contributed by atoms with Gasteiger partial charge >= 0.3 is 0 Å². The zero-order valence-electron chi connectivity index (χ0n) is 17.6.